The van der Waals surface area contributed by atoms with Crippen molar-refractivity contribution >= 4 is 27.8 Å². The number of fused-ring (bicyclic) bond motifs is 2. The molecule has 0 saturated carbocycles. The lowest BCUT2D eigenvalue weighted by Crippen LogP contribution is -2.70. The Morgan fingerprint density at radius 2 is 1.95 bits per heavy atom. The minimum Gasteiger partial charge on any atom is -0.444 e. The molecule has 6 nitrogen and oxygen atoms in total. The number of aromatic nitrogens is 2. The van der Waals surface area contributed by atoms with Gasteiger partial charge in [-0.15, -0.1) is 0 Å². The van der Waals surface area contributed by atoms with Crippen molar-refractivity contribution in [2.75, 3.05) is 18.0 Å². The summed E-state index contributed by atoms with van der Waals surface area (Å²) in [6.45, 7) is 7.25. The zero-order valence-electron chi connectivity index (χ0n) is 12.4. The third kappa shape index (κ3) is 2.97. The minimum absolute atomic E-state index is 0.203. The zero-order chi connectivity index (χ0) is 15.2. The van der Waals surface area contributed by atoms with Crippen LogP contribution in [0.1, 0.15) is 27.2 Å². The lowest BCUT2D eigenvalue weighted by atomic mass is 9.88. The van der Waals surface area contributed by atoms with Crippen LogP contribution in [-0.4, -0.2) is 51.7 Å². The summed E-state index contributed by atoms with van der Waals surface area (Å²) in [5.74, 6) is 0.858. The number of halogens is 1. The van der Waals surface area contributed by atoms with Gasteiger partial charge in [0.25, 0.3) is 0 Å². The van der Waals surface area contributed by atoms with Crippen LogP contribution < -0.4 is 4.90 Å². The average Bonchev–Trinajstić information content (AvgIpc) is 2.37. The van der Waals surface area contributed by atoms with E-state index in [9.17, 15) is 4.79 Å². The van der Waals surface area contributed by atoms with E-state index >= 15 is 0 Å². The van der Waals surface area contributed by atoms with Crippen LogP contribution in [0.5, 0.6) is 0 Å². The van der Waals surface area contributed by atoms with Crippen LogP contribution in [-0.2, 0) is 4.74 Å². The number of piperazine rings is 1. The molecule has 3 fully saturated rings. The number of carbonyl (C=O) groups excluding carboxylic acids is 1. The molecule has 0 spiro atoms. The number of ether oxygens (including phenoxy) is 1. The van der Waals surface area contributed by atoms with Crippen LogP contribution >= 0.6 is 15.9 Å². The standard InChI is InChI=1S/C14H19BrN4O2/c1-14(2,3)21-13(20)19-9-4-10(19)8-18(7-9)12-6-16-11(15)5-17-12/h5-6,9-10H,4,7-8H2,1-3H3. The summed E-state index contributed by atoms with van der Waals surface area (Å²) in [7, 11) is 0. The number of amides is 1. The number of piperidine rings is 1. The molecule has 2 bridgehead atoms. The minimum atomic E-state index is -0.447. The molecule has 21 heavy (non-hydrogen) atoms. The van der Waals surface area contributed by atoms with Crippen molar-refractivity contribution in [2.45, 2.75) is 44.9 Å². The summed E-state index contributed by atoms with van der Waals surface area (Å²) in [6.07, 6.45) is 4.29. The van der Waals surface area contributed by atoms with Gasteiger partial charge in [0.05, 0.1) is 24.5 Å². The summed E-state index contributed by atoms with van der Waals surface area (Å²) in [5.41, 5.74) is -0.447. The van der Waals surface area contributed by atoms with Crippen LogP contribution in [0.15, 0.2) is 17.0 Å². The molecule has 0 aliphatic carbocycles. The van der Waals surface area contributed by atoms with Crippen LogP contribution in [0.3, 0.4) is 0 Å². The van der Waals surface area contributed by atoms with Gasteiger partial charge in [0.2, 0.25) is 0 Å². The van der Waals surface area contributed by atoms with Crippen molar-refractivity contribution in [1.82, 2.24) is 14.9 Å². The molecule has 0 radical (unpaired) electrons. The smallest absolute Gasteiger partial charge is 0.410 e. The summed E-state index contributed by atoms with van der Waals surface area (Å²) < 4.78 is 6.19. The summed E-state index contributed by atoms with van der Waals surface area (Å²) in [6, 6.07) is 0.424. The van der Waals surface area contributed by atoms with Gasteiger partial charge in [-0.05, 0) is 43.1 Å². The second-order valence-corrected chi connectivity index (χ2v) is 7.35. The maximum atomic E-state index is 12.2. The average molecular weight is 355 g/mol. The highest BCUT2D eigenvalue weighted by molar-refractivity contribution is 9.10. The number of carbonyl (C=O) groups is 1. The number of anilines is 1. The monoisotopic (exact) mass is 354 g/mol. The molecular weight excluding hydrogens is 336 g/mol. The molecule has 0 aromatic carbocycles. The Bertz CT molecular complexity index is 531. The Balaban J connectivity index is 1.64. The van der Waals surface area contributed by atoms with E-state index in [-0.39, 0.29) is 18.2 Å². The lowest BCUT2D eigenvalue weighted by molar-refractivity contribution is -0.0380. The van der Waals surface area contributed by atoms with Crippen molar-refractivity contribution in [3.63, 3.8) is 0 Å². The molecule has 2 atom stereocenters. The van der Waals surface area contributed by atoms with Crippen LogP contribution in [0, 0.1) is 0 Å². The maximum Gasteiger partial charge on any atom is 0.410 e. The van der Waals surface area contributed by atoms with E-state index in [4.69, 9.17) is 4.74 Å². The topological polar surface area (TPSA) is 58.6 Å². The molecule has 4 heterocycles. The number of rotatable bonds is 1. The van der Waals surface area contributed by atoms with Gasteiger partial charge in [-0.25, -0.2) is 14.8 Å². The molecular formula is C14H19BrN4O2. The highest BCUT2D eigenvalue weighted by Gasteiger charge is 2.49. The summed E-state index contributed by atoms with van der Waals surface area (Å²) >= 11 is 3.29. The van der Waals surface area contributed by atoms with Gasteiger partial charge in [0, 0.05) is 13.1 Å². The summed E-state index contributed by atoms with van der Waals surface area (Å²) in [4.78, 5) is 24.8. The first-order valence-electron chi connectivity index (χ1n) is 7.07. The van der Waals surface area contributed by atoms with Crippen molar-refractivity contribution < 1.29 is 9.53 Å². The first-order chi connectivity index (χ1) is 9.83. The lowest BCUT2D eigenvalue weighted by Gasteiger charge is -2.55. The van der Waals surface area contributed by atoms with E-state index < -0.39 is 5.60 Å². The van der Waals surface area contributed by atoms with Crippen LogP contribution in [0.25, 0.3) is 0 Å². The molecule has 4 rings (SSSR count). The van der Waals surface area contributed by atoms with E-state index in [1.54, 1.807) is 12.4 Å². The number of hydrogen-bond donors (Lipinski definition) is 0. The normalized spacial score (nSPS) is 24.6. The Hall–Kier alpha value is -1.37. The van der Waals surface area contributed by atoms with E-state index in [0.29, 0.717) is 0 Å². The second kappa shape index (κ2) is 5.12. The fraction of sp³-hybridized carbons (Fsp3) is 0.643. The molecule has 0 N–H and O–H groups in total. The number of nitrogens with zero attached hydrogens (tertiary/aromatic N) is 4. The quantitative estimate of drug-likeness (QED) is 0.775. The first-order valence-corrected chi connectivity index (χ1v) is 7.86. The largest absolute Gasteiger partial charge is 0.444 e. The van der Waals surface area contributed by atoms with Gasteiger partial charge >= 0.3 is 6.09 Å². The molecule has 3 saturated heterocycles. The molecule has 2 unspecified atom stereocenters. The molecule has 1 aromatic heterocycles. The van der Waals surface area contributed by atoms with E-state index in [0.717, 1.165) is 29.9 Å². The third-order valence-corrected chi connectivity index (χ3v) is 4.14. The van der Waals surface area contributed by atoms with Crippen molar-refractivity contribution in [1.29, 1.82) is 0 Å². The van der Waals surface area contributed by atoms with Crippen molar-refractivity contribution in [3.8, 4) is 0 Å². The number of hydrogen-bond acceptors (Lipinski definition) is 5. The second-order valence-electron chi connectivity index (χ2n) is 6.53. The van der Waals surface area contributed by atoms with Gasteiger partial charge in [0.1, 0.15) is 16.0 Å². The zero-order valence-corrected chi connectivity index (χ0v) is 14.0. The van der Waals surface area contributed by atoms with E-state index in [1.807, 2.05) is 25.7 Å². The molecule has 7 heteroatoms. The third-order valence-electron chi connectivity index (χ3n) is 3.73. The first kappa shape index (κ1) is 14.6. The molecule has 114 valence electrons. The predicted octanol–water partition coefficient (Wildman–Crippen LogP) is 2.44. The molecule has 3 aliphatic heterocycles. The Morgan fingerprint density at radius 1 is 1.29 bits per heavy atom. The summed E-state index contributed by atoms with van der Waals surface area (Å²) in [5, 5.41) is 0. The highest BCUT2D eigenvalue weighted by Crippen LogP contribution is 2.35. The van der Waals surface area contributed by atoms with Crippen molar-refractivity contribution in [2.24, 2.45) is 0 Å². The Kier molecular flexibility index (Phi) is 3.55. The van der Waals surface area contributed by atoms with Gasteiger partial charge in [-0.1, -0.05) is 0 Å². The molecule has 1 aromatic rings. The van der Waals surface area contributed by atoms with Gasteiger partial charge < -0.3 is 9.64 Å². The van der Waals surface area contributed by atoms with Crippen LogP contribution in [0.4, 0.5) is 10.6 Å². The van der Waals surface area contributed by atoms with Crippen LogP contribution in [0.2, 0.25) is 0 Å². The molecule has 1 amide bonds. The van der Waals surface area contributed by atoms with E-state index in [2.05, 4.69) is 30.8 Å². The highest BCUT2D eigenvalue weighted by atomic mass is 79.9. The van der Waals surface area contributed by atoms with E-state index in [1.165, 1.54) is 0 Å². The SMILES string of the molecule is CC(C)(C)OC(=O)N1C2CC1CN(c1cnc(Br)cn1)C2. The maximum absolute atomic E-state index is 12.2. The van der Waals surface area contributed by atoms with Gasteiger partial charge in [0.15, 0.2) is 0 Å². The molecule has 3 aliphatic rings. The fourth-order valence-electron chi connectivity index (χ4n) is 2.88. The Labute approximate surface area is 132 Å². The van der Waals surface area contributed by atoms with Gasteiger partial charge in [-0.2, -0.15) is 0 Å². The predicted molar refractivity (Wildman–Crippen MR) is 82.2 cm³/mol. The Morgan fingerprint density at radius 3 is 2.48 bits per heavy atom. The van der Waals surface area contributed by atoms with Gasteiger partial charge in [-0.3, -0.25) is 4.90 Å². The fourth-order valence-corrected chi connectivity index (χ4v) is 3.08. The van der Waals surface area contributed by atoms with Crippen molar-refractivity contribution in [3.05, 3.63) is 17.0 Å².